The second kappa shape index (κ2) is 13.5. The summed E-state index contributed by atoms with van der Waals surface area (Å²) in [6, 6.07) is 27.9. The van der Waals surface area contributed by atoms with E-state index in [9.17, 15) is 13.2 Å². The third-order valence-electron chi connectivity index (χ3n) is 7.26. The molecule has 0 atom stereocenters. The van der Waals surface area contributed by atoms with Gasteiger partial charge in [0.2, 0.25) is 0 Å². The van der Waals surface area contributed by atoms with Crippen molar-refractivity contribution in [1.82, 2.24) is 9.97 Å². The number of hydrogen-bond acceptors (Lipinski definition) is 3. The van der Waals surface area contributed by atoms with E-state index in [4.69, 9.17) is 1.37 Å². The van der Waals surface area contributed by atoms with Crippen LogP contribution in [0.2, 0.25) is 19.6 Å². The number of hydrogen-bond donors (Lipinski definition) is 0. The zero-order valence-corrected chi connectivity index (χ0v) is 29.6. The van der Waals surface area contributed by atoms with E-state index in [1.165, 1.54) is 16.8 Å². The average Bonchev–Trinajstić information content (AvgIpc) is 3.35. The number of fused-ring (bicyclic) bond motifs is 3. The first-order chi connectivity index (χ1) is 20.6. The summed E-state index contributed by atoms with van der Waals surface area (Å²) in [4.78, 5) is 8.96. The van der Waals surface area contributed by atoms with Gasteiger partial charge in [-0.05, 0) is 51.6 Å². The molecule has 3 aromatic heterocycles. The Kier molecular flexibility index (Phi) is 9.85. The second-order valence-corrected chi connectivity index (χ2v) is 17.8. The molecule has 3 heterocycles. The van der Waals surface area contributed by atoms with E-state index in [0.29, 0.717) is 16.6 Å². The molecular weight excluding hydrogens is 770 g/mol. The molecule has 0 saturated heterocycles. The maximum absolute atomic E-state index is 13.4. The van der Waals surface area contributed by atoms with Crippen molar-refractivity contribution >= 4 is 44.8 Å². The fourth-order valence-corrected chi connectivity index (χ4v) is 8.14. The minimum Gasteiger partial charge on any atom is -0.305 e. The largest absolute Gasteiger partial charge is 0.417 e. The molecule has 229 valence electrons. The van der Waals surface area contributed by atoms with Crippen LogP contribution >= 0.6 is 11.3 Å². The predicted octanol–water partition coefficient (Wildman–Crippen LogP) is 10.5. The van der Waals surface area contributed by atoms with Crippen molar-refractivity contribution in [3.05, 3.63) is 114 Å². The number of aryl methyl sites for hydroxylation is 1. The van der Waals surface area contributed by atoms with Crippen molar-refractivity contribution in [3.63, 3.8) is 0 Å². The summed E-state index contributed by atoms with van der Waals surface area (Å²) in [6.45, 7) is 12.8. The van der Waals surface area contributed by atoms with Gasteiger partial charge in [-0.2, -0.15) is 24.5 Å². The number of alkyl halides is 3. The van der Waals surface area contributed by atoms with Crippen molar-refractivity contribution in [2.45, 2.75) is 52.5 Å². The van der Waals surface area contributed by atoms with E-state index in [-0.39, 0.29) is 24.8 Å². The summed E-state index contributed by atoms with van der Waals surface area (Å²) in [5, 5.41) is 2.78. The molecule has 3 aromatic carbocycles. The van der Waals surface area contributed by atoms with Gasteiger partial charge in [-0.3, -0.25) is 0 Å². The van der Waals surface area contributed by atoms with Gasteiger partial charge in [-0.1, -0.05) is 74.3 Å². The minimum atomic E-state index is -4.41. The average molecular weight is 804 g/mol. The van der Waals surface area contributed by atoms with Gasteiger partial charge < -0.3 is 9.97 Å². The van der Waals surface area contributed by atoms with E-state index in [2.05, 4.69) is 67.0 Å². The number of halogens is 3. The quantitative estimate of drug-likeness (QED) is 0.131. The van der Waals surface area contributed by atoms with Gasteiger partial charge in [0.05, 0.1) is 13.6 Å². The zero-order chi connectivity index (χ0) is 31.9. The van der Waals surface area contributed by atoms with Crippen molar-refractivity contribution in [3.8, 4) is 22.5 Å². The Morgan fingerprint density at radius 1 is 0.864 bits per heavy atom. The fourth-order valence-electron chi connectivity index (χ4n) is 5.10. The Hall–Kier alpha value is -3.16. The molecule has 0 aliphatic heterocycles. The molecule has 8 heteroatoms. The van der Waals surface area contributed by atoms with Crippen LogP contribution in [0, 0.1) is 19.1 Å². The number of nitrogens with zero attached hydrogens (tertiary/aromatic N) is 2. The Morgan fingerprint density at radius 2 is 1.61 bits per heavy atom. The van der Waals surface area contributed by atoms with Gasteiger partial charge in [-0.25, -0.2) is 0 Å². The van der Waals surface area contributed by atoms with Gasteiger partial charge in [0.15, 0.2) is 0 Å². The molecule has 0 N–H and O–H groups in total. The molecule has 0 unspecified atom stereocenters. The molecule has 6 rings (SSSR count). The van der Waals surface area contributed by atoms with Crippen LogP contribution < -0.4 is 5.19 Å². The van der Waals surface area contributed by atoms with Crippen LogP contribution in [0.1, 0.15) is 37.8 Å². The molecular formula is C36H33F3IrN2SSi-2. The monoisotopic (exact) mass is 804 g/mol. The molecule has 1 radical (unpaired) electrons. The third-order valence-corrected chi connectivity index (χ3v) is 10.7. The van der Waals surface area contributed by atoms with Gasteiger partial charge in [-0.15, -0.1) is 59.7 Å². The van der Waals surface area contributed by atoms with Crippen LogP contribution in [-0.4, -0.2) is 18.0 Å². The van der Waals surface area contributed by atoms with Gasteiger partial charge in [0, 0.05) is 38.6 Å². The molecule has 0 spiro atoms. The van der Waals surface area contributed by atoms with E-state index >= 15 is 0 Å². The summed E-state index contributed by atoms with van der Waals surface area (Å²) in [5.41, 5.74) is 4.87. The van der Waals surface area contributed by atoms with Crippen LogP contribution in [0.25, 0.3) is 42.7 Å². The topological polar surface area (TPSA) is 25.8 Å². The zero-order valence-electron chi connectivity index (χ0n) is 26.4. The molecule has 44 heavy (non-hydrogen) atoms. The fraction of sp³-hybridized carbons (Fsp3) is 0.222. The number of pyridine rings is 2. The van der Waals surface area contributed by atoms with E-state index in [0.717, 1.165) is 44.3 Å². The van der Waals surface area contributed by atoms with Crippen LogP contribution in [0.5, 0.6) is 0 Å². The molecule has 2 nitrogen and oxygen atoms in total. The Labute approximate surface area is 277 Å². The number of thiophene rings is 1. The molecule has 0 aliphatic rings. The van der Waals surface area contributed by atoms with Gasteiger partial charge >= 0.3 is 6.18 Å². The smallest absolute Gasteiger partial charge is 0.305 e. The van der Waals surface area contributed by atoms with Crippen LogP contribution in [0.3, 0.4) is 0 Å². The Bertz CT molecular complexity index is 1940. The summed E-state index contributed by atoms with van der Waals surface area (Å²) in [6.07, 6.45) is -0.725. The van der Waals surface area contributed by atoms with Crippen molar-refractivity contribution in [2.24, 2.45) is 0 Å². The summed E-state index contributed by atoms with van der Waals surface area (Å²) in [7, 11) is -1.27. The van der Waals surface area contributed by atoms with Crippen molar-refractivity contribution < 1.29 is 34.6 Å². The number of aromatic nitrogens is 2. The van der Waals surface area contributed by atoms with E-state index in [1.807, 2.05) is 24.3 Å². The van der Waals surface area contributed by atoms with E-state index in [1.54, 1.807) is 44.3 Å². The third kappa shape index (κ3) is 7.21. The molecule has 6 aromatic rings. The first kappa shape index (κ1) is 32.2. The summed E-state index contributed by atoms with van der Waals surface area (Å²) < 4.78 is 49.4. The second-order valence-electron chi connectivity index (χ2n) is 11.7. The minimum absolute atomic E-state index is 0. The number of rotatable bonds is 4. The first-order valence-corrected chi connectivity index (χ1v) is 18.3. The van der Waals surface area contributed by atoms with Crippen molar-refractivity contribution in [1.29, 1.82) is 0 Å². The van der Waals surface area contributed by atoms with Gasteiger partial charge in [0.1, 0.15) is 0 Å². The van der Waals surface area contributed by atoms with Crippen molar-refractivity contribution in [2.75, 3.05) is 0 Å². The van der Waals surface area contributed by atoms with Crippen LogP contribution in [-0.2, 0) is 26.3 Å². The Morgan fingerprint density at radius 3 is 2.25 bits per heavy atom. The Balaban J connectivity index is 0.000000222. The number of benzene rings is 3. The first-order valence-electron chi connectivity index (χ1n) is 14.5. The molecule has 0 bridgehead atoms. The maximum atomic E-state index is 13.4. The summed E-state index contributed by atoms with van der Waals surface area (Å²) >= 11 is 1.11. The SMILES string of the molecule is Cc1cc(-c2[c-]cccc2)ncc1[Si](C)(C)C.[2H]C(C)(C)c1ccnc(-c2[c-]ccc3c2sc2c(C(F)(F)F)cccc23)c1.[Ir]. The predicted molar refractivity (Wildman–Crippen MR) is 177 cm³/mol. The standard InChI is InChI=1S/C21H15F3NS.C15H18NSi.Ir/c1-12(2)13-9-10-25-18(11-13)16-7-3-5-14-15-6-4-8-17(21(22,23)24)20(15)26-19(14)16;1-12-10-14(13-8-6-5-7-9-13)16-11-15(12)17(2,3)4;/h3-6,8-12H,1-2H3;5-8,10-11H,1-4H3;/q2*-1;/i12D;;. The molecule has 0 saturated carbocycles. The molecule has 0 aliphatic carbocycles. The maximum Gasteiger partial charge on any atom is 0.417 e. The van der Waals surface area contributed by atoms with Crippen LogP contribution in [0.15, 0.2) is 85.2 Å². The van der Waals surface area contributed by atoms with Gasteiger partial charge in [0.25, 0.3) is 0 Å². The van der Waals surface area contributed by atoms with E-state index < -0.39 is 25.7 Å². The molecule has 0 amide bonds. The normalized spacial score (nSPS) is 12.3. The molecule has 0 fully saturated rings. The van der Waals surface area contributed by atoms with Crippen LogP contribution in [0.4, 0.5) is 13.2 Å². The summed E-state index contributed by atoms with van der Waals surface area (Å²) in [5.74, 6) is -0.796.